The van der Waals surface area contributed by atoms with Gasteiger partial charge in [-0.2, -0.15) is 4.68 Å². The minimum Gasteiger partial charge on any atom is -0.484 e. The molecule has 1 aromatic carbocycles. The SMILES string of the molecule is CCC(C(=O)O/N=C(\N)c1ccc(OCC(N)=O)cc1)n1nc([N+](=O)[O-])cc1C. The van der Waals surface area contributed by atoms with Crippen LogP contribution in [0.4, 0.5) is 5.82 Å². The summed E-state index contributed by atoms with van der Waals surface area (Å²) < 4.78 is 6.35. The van der Waals surface area contributed by atoms with Crippen LogP contribution in [-0.2, 0) is 14.4 Å². The Hall–Kier alpha value is -3.96. The molecule has 0 aliphatic heterocycles. The summed E-state index contributed by atoms with van der Waals surface area (Å²) in [5, 5.41) is 18.3. The number of primary amides is 1. The minimum absolute atomic E-state index is 0.0715. The maximum absolute atomic E-state index is 12.4. The van der Waals surface area contributed by atoms with E-state index in [4.69, 9.17) is 21.0 Å². The highest BCUT2D eigenvalue weighted by molar-refractivity contribution is 5.97. The number of nitro groups is 1. The highest BCUT2D eigenvalue weighted by Gasteiger charge is 2.28. The molecule has 0 fully saturated rings. The monoisotopic (exact) mass is 404 g/mol. The minimum atomic E-state index is -0.898. The summed E-state index contributed by atoms with van der Waals surface area (Å²) in [6.45, 7) is 3.04. The first-order valence-corrected chi connectivity index (χ1v) is 8.49. The Morgan fingerprint density at radius 1 is 1.31 bits per heavy atom. The number of hydrogen-bond donors (Lipinski definition) is 2. The standard InChI is InChI=1S/C17H20N6O6/c1-3-13(22-10(2)8-15(20-22)23(26)27)17(25)29-21-16(19)11-4-6-12(7-5-11)28-9-14(18)24/h4-8,13H,3,9H2,1-2H3,(H2,18,24)(H2,19,21). The van der Waals surface area contributed by atoms with Crippen LogP contribution < -0.4 is 16.2 Å². The van der Waals surface area contributed by atoms with Gasteiger partial charge in [0, 0.05) is 5.56 Å². The molecule has 0 radical (unpaired) electrons. The maximum atomic E-state index is 12.4. The predicted octanol–water partition coefficient (Wildman–Crippen LogP) is 0.779. The molecule has 2 rings (SSSR count). The summed E-state index contributed by atoms with van der Waals surface area (Å²) in [5.41, 5.74) is 11.7. The van der Waals surface area contributed by atoms with Crippen molar-refractivity contribution in [1.82, 2.24) is 9.78 Å². The van der Waals surface area contributed by atoms with E-state index < -0.39 is 22.8 Å². The van der Waals surface area contributed by atoms with Gasteiger partial charge in [-0.15, -0.1) is 0 Å². The van der Waals surface area contributed by atoms with Crippen LogP contribution >= 0.6 is 0 Å². The molecule has 0 bridgehead atoms. The molecular weight excluding hydrogens is 384 g/mol. The van der Waals surface area contributed by atoms with Gasteiger partial charge >= 0.3 is 11.8 Å². The molecule has 1 amide bonds. The average Bonchev–Trinajstić information content (AvgIpc) is 3.07. The normalized spacial score (nSPS) is 12.3. The molecule has 0 saturated heterocycles. The molecule has 2 aromatic rings. The lowest BCUT2D eigenvalue weighted by molar-refractivity contribution is -0.389. The van der Waals surface area contributed by atoms with Gasteiger partial charge in [0.2, 0.25) is 0 Å². The number of rotatable bonds is 9. The number of nitrogens with two attached hydrogens (primary N) is 2. The third-order valence-electron chi connectivity index (χ3n) is 3.82. The molecule has 1 atom stereocenters. The van der Waals surface area contributed by atoms with Crippen molar-refractivity contribution >= 4 is 23.5 Å². The van der Waals surface area contributed by atoms with Crippen LogP contribution in [0.15, 0.2) is 35.5 Å². The second-order valence-electron chi connectivity index (χ2n) is 5.94. The fourth-order valence-electron chi connectivity index (χ4n) is 2.40. The summed E-state index contributed by atoms with van der Waals surface area (Å²) in [5.74, 6) is -1.41. The van der Waals surface area contributed by atoms with Gasteiger partial charge in [-0.05, 0) is 42.5 Å². The number of carbonyl (C=O) groups is 2. The van der Waals surface area contributed by atoms with E-state index in [-0.39, 0.29) is 24.7 Å². The summed E-state index contributed by atoms with van der Waals surface area (Å²) >= 11 is 0. The Labute approximate surface area is 165 Å². The first-order chi connectivity index (χ1) is 13.7. The molecule has 0 saturated carbocycles. The van der Waals surface area contributed by atoms with Gasteiger partial charge < -0.3 is 31.2 Å². The van der Waals surface area contributed by atoms with Crippen LogP contribution in [0.2, 0.25) is 0 Å². The number of nitrogens with zero attached hydrogens (tertiary/aromatic N) is 4. The number of aryl methyl sites for hydroxylation is 1. The zero-order valence-corrected chi connectivity index (χ0v) is 15.8. The number of amides is 1. The fraction of sp³-hybridized carbons (Fsp3) is 0.294. The second kappa shape index (κ2) is 9.30. The van der Waals surface area contributed by atoms with Gasteiger partial charge in [0.1, 0.15) is 5.75 Å². The third kappa shape index (κ3) is 5.51. The average molecular weight is 404 g/mol. The quantitative estimate of drug-likeness (QED) is 0.202. The van der Waals surface area contributed by atoms with Crippen molar-refractivity contribution in [2.75, 3.05) is 6.61 Å². The zero-order chi connectivity index (χ0) is 21.6. The molecule has 0 aliphatic rings. The molecule has 0 aliphatic carbocycles. The van der Waals surface area contributed by atoms with Crippen LogP contribution in [0.1, 0.15) is 30.6 Å². The van der Waals surface area contributed by atoms with E-state index in [1.54, 1.807) is 38.1 Å². The van der Waals surface area contributed by atoms with Crippen molar-refractivity contribution < 1.29 is 24.1 Å². The Morgan fingerprint density at radius 2 is 1.97 bits per heavy atom. The first-order valence-electron chi connectivity index (χ1n) is 8.49. The lowest BCUT2D eigenvalue weighted by Crippen LogP contribution is -2.23. The van der Waals surface area contributed by atoms with Crippen molar-refractivity contribution in [2.45, 2.75) is 26.3 Å². The maximum Gasteiger partial charge on any atom is 0.390 e. The van der Waals surface area contributed by atoms with Crippen LogP contribution in [0.25, 0.3) is 0 Å². The van der Waals surface area contributed by atoms with E-state index in [9.17, 15) is 19.7 Å². The van der Waals surface area contributed by atoms with Crippen molar-refractivity contribution in [3.05, 3.63) is 51.7 Å². The summed E-state index contributed by atoms with van der Waals surface area (Å²) in [6.07, 6.45) is 0.278. The molecule has 154 valence electrons. The van der Waals surface area contributed by atoms with E-state index in [0.29, 0.717) is 17.0 Å². The molecule has 0 spiro atoms. The number of carbonyl (C=O) groups excluding carboxylic acids is 2. The number of ether oxygens (including phenoxy) is 1. The van der Waals surface area contributed by atoms with Crippen molar-refractivity contribution in [3.8, 4) is 5.75 Å². The highest BCUT2D eigenvalue weighted by Crippen LogP contribution is 2.20. The van der Waals surface area contributed by atoms with Gasteiger partial charge in [0.05, 0.1) is 16.9 Å². The Kier molecular flexibility index (Phi) is 6.85. The number of oxime groups is 1. The van der Waals surface area contributed by atoms with Gasteiger partial charge in [0.15, 0.2) is 18.5 Å². The van der Waals surface area contributed by atoms with Crippen LogP contribution in [0.5, 0.6) is 5.75 Å². The van der Waals surface area contributed by atoms with Crippen molar-refractivity contribution in [1.29, 1.82) is 0 Å². The largest absolute Gasteiger partial charge is 0.484 e. The molecule has 12 heteroatoms. The van der Waals surface area contributed by atoms with Gasteiger partial charge in [-0.1, -0.05) is 12.1 Å². The highest BCUT2D eigenvalue weighted by atomic mass is 16.7. The number of aromatic nitrogens is 2. The van der Waals surface area contributed by atoms with E-state index in [0.717, 1.165) is 0 Å². The molecule has 1 unspecified atom stereocenters. The fourth-order valence-corrected chi connectivity index (χ4v) is 2.40. The van der Waals surface area contributed by atoms with Gasteiger partial charge in [-0.25, -0.2) is 4.79 Å². The molecule has 1 aromatic heterocycles. The van der Waals surface area contributed by atoms with Gasteiger partial charge in [-0.3, -0.25) is 4.79 Å². The van der Waals surface area contributed by atoms with Crippen LogP contribution in [0.3, 0.4) is 0 Å². The van der Waals surface area contributed by atoms with Gasteiger partial charge in [0.25, 0.3) is 5.91 Å². The Bertz CT molecular complexity index is 936. The lowest BCUT2D eigenvalue weighted by atomic mass is 10.2. The molecule has 4 N–H and O–H groups in total. The van der Waals surface area contributed by atoms with E-state index in [1.807, 2.05) is 0 Å². The summed E-state index contributed by atoms with van der Waals surface area (Å²) in [7, 11) is 0. The van der Waals surface area contributed by atoms with E-state index >= 15 is 0 Å². The van der Waals surface area contributed by atoms with E-state index in [1.165, 1.54) is 10.7 Å². The Morgan fingerprint density at radius 3 is 2.48 bits per heavy atom. The molecule has 12 nitrogen and oxygen atoms in total. The van der Waals surface area contributed by atoms with E-state index in [2.05, 4.69) is 10.3 Å². The smallest absolute Gasteiger partial charge is 0.390 e. The zero-order valence-electron chi connectivity index (χ0n) is 15.8. The number of amidine groups is 1. The Balaban J connectivity index is 2.07. The van der Waals surface area contributed by atoms with Crippen molar-refractivity contribution in [3.63, 3.8) is 0 Å². The number of hydrogen-bond acceptors (Lipinski definition) is 8. The predicted molar refractivity (Wildman–Crippen MR) is 101 cm³/mol. The lowest BCUT2D eigenvalue weighted by Gasteiger charge is -2.10. The third-order valence-corrected chi connectivity index (χ3v) is 3.82. The van der Waals surface area contributed by atoms with Crippen LogP contribution in [0, 0.1) is 17.0 Å². The van der Waals surface area contributed by atoms with Crippen molar-refractivity contribution in [2.24, 2.45) is 16.6 Å². The summed E-state index contributed by atoms with van der Waals surface area (Å²) in [4.78, 5) is 38.2. The molecular formula is C17H20N6O6. The topological polar surface area (TPSA) is 178 Å². The molecule has 29 heavy (non-hydrogen) atoms. The second-order valence-corrected chi connectivity index (χ2v) is 5.94. The van der Waals surface area contributed by atoms with Crippen LogP contribution in [-0.4, -0.2) is 39.0 Å². The first kappa shape index (κ1) is 21.3. The number of benzene rings is 1. The summed E-state index contributed by atoms with van der Waals surface area (Å²) in [6, 6.07) is 6.57. The molecule has 1 heterocycles.